The Balaban J connectivity index is 2.22. The van der Waals surface area contributed by atoms with E-state index in [0.717, 1.165) is 5.56 Å². The summed E-state index contributed by atoms with van der Waals surface area (Å²) in [6, 6.07) is 8.68. The molecule has 0 saturated carbocycles. The molecule has 8 heteroatoms. The van der Waals surface area contributed by atoms with E-state index < -0.39 is 5.91 Å². The molecule has 2 aromatic carbocycles. The van der Waals surface area contributed by atoms with Crippen LogP contribution in [0.3, 0.4) is 0 Å². The fourth-order valence-corrected chi connectivity index (χ4v) is 3.21. The van der Waals surface area contributed by atoms with E-state index in [0.29, 0.717) is 39.2 Å². The molecule has 7 nitrogen and oxygen atoms in total. The minimum Gasteiger partial charge on any atom is -0.496 e. The molecule has 31 heavy (non-hydrogen) atoms. The van der Waals surface area contributed by atoms with E-state index >= 15 is 0 Å². The number of hydrogen-bond acceptors (Lipinski definition) is 6. The number of hydrogen-bond donors (Lipinski definition) is 4. The van der Waals surface area contributed by atoms with E-state index in [-0.39, 0.29) is 12.3 Å². The molecule has 0 saturated heterocycles. The maximum Gasteiger partial charge on any atom is 0.300 e. The van der Waals surface area contributed by atoms with Crippen molar-refractivity contribution in [3.63, 3.8) is 0 Å². The van der Waals surface area contributed by atoms with Gasteiger partial charge in [-0.25, -0.2) is 0 Å². The highest BCUT2D eigenvalue weighted by atomic mass is 35.5. The third kappa shape index (κ3) is 5.93. The maximum atomic E-state index is 11.8. The Morgan fingerprint density at radius 2 is 1.94 bits per heavy atom. The van der Waals surface area contributed by atoms with Crippen molar-refractivity contribution in [2.45, 2.75) is 13.8 Å². The van der Waals surface area contributed by atoms with Crippen molar-refractivity contribution in [2.24, 2.45) is 5.73 Å². The average molecular weight is 441 g/mol. The number of halogens is 1. The zero-order valence-electron chi connectivity index (χ0n) is 17.9. The van der Waals surface area contributed by atoms with E-state index in [2.05, 4.69) is 22.5 Å². The van der Waals surface area contributed by atoms with Crippen LogP contribution in [-0.4, -0.2) is 32.4 Å². The van der Waals surface area contributed by atoms with Crippen LogP contribution in [0.1, 0.15) is 18.1 Å². The standard InChI is InChI=1S/C23H25ClN4O3/c1-5-8-21(29)28-18-10-7-6-9-16(18)17(26)11-15(25)13-27-23-14(2)19(30-3)12-20(31-4)22(23)24/h6-7,9-12,26-27H,13,25H2,1-4H3,(H,28,29)/b15-11-,26-17?. The van der Waals surface area contributed by atoms with Crippen LogP contribution in [0.2, 0.25) is 5.02 Å². The molecule has 0 bridgehead atoms. The van der Waals surface area contributed by atoms with Crippen molar-refractivity contribution in [3.8, 4) is 23.3 Å². The van der Waals surface area contributed by atoms with Gasteiger partial charge >= 0.3 is 0 Å². The van der Waals surface area contributed by atoms with Crippen LogP contribution < -0.4 is 25.8 Å². The van der Waals surface area contributed by atoms with E-state index in [1.165, 1.54) is 13.2 Å². The Hall–Kier alpha value is -3.63. The van der Waals surface area contributed by atoms with Crippen molar-refractivity contribution in [3.05, 3.63) is 58.3 Å². The molecule has 0 aliphatic carbocycles. The van der Waals surface area contributed by atoms with Crippen molar-refractivity contribution in [1.82, 2.24) is 0 Å². The van der Waals surface area contributed by atoms with Crippen LogP contribution in [0, 0.1) is 24.2 Å². The molecule has 1 amide bonds. The lowest BCUT2D eigenvalue weighted by Crippen LogP contribution is -2.16. The minimum absolute atomic E-state index is 0.144. The van der Waals surface area contributed by atoms with Crippen LogP contribution in [0.15, 0.2) is 42.1 Å². The highest BCUT2D eigenvalue weighted by Gasteiger charge is 2.15. The molecular formula is C23H25ClN4O3. The summed E-state index contributed by atoms with van der Waals surface area (Å²) in [5.74, 6) is 5.61. The lowest BCUT2D eigenvalue weighted by Gasteiger charge is -2.17. The lowest BCUT2D eigenvalue weighted by molar-refractivity contribution is -0.111. The first-order chi connectivity index (χ1) is 14.8. The van der Waals surface area contributed by atoms with Gasteiger partial charge in [-0.2, -0.15) is 0 Å². The summed E-state index contributed by atoms with van der Waals surface area (Å²) < 4.78 is 10.7. The number of ether oxygens (including phenoxy) is 2. The predicted molar refractivity (Wildman–Crippen MR) is 125 cm³/mol. The molecule has 0 aliphatic heterocycles. The summed E-state index contributed by atoms with van der Waals surface area (Å²) in [6.07, 6.45) is 1.52. The molecule has 2 rings (SSSR count). The van der Waals surface area contributed by atoms with E-state index in [4.69, 9.17) is 32.2 Å². The first-order valence-electron chi connectivity index (χ1n) is 9.35. The topological polar surface area (TPSA) is 109 Å². The maximum absolute atomic E-state index is 11.8. The summed E-state index contributed by atoms with van der Waals surface area (Å²) in [5, 5.41) is 14.7. The summed E-state index contributed by atoms with van der Waals surface area (Å²) in [5.41, 5.74) is 9.13. The van der Waals surface area contributed by atoms with Crippen molar-refractivity contribution >= 4 is 34.6 Å². The van der Waals surface area contributed by atoms with Gasteiger partial charge in [0.05, 0.1) is 37.9 Å². The molecule has 0 spiro atoms. The molecule has 0 unspecified atom stereocenters. The first kappa shape index (κ1) is 23.6. The smallest absolute Gasteiger partial charge is 0.300 e. The van der Waals surface area contributed by atoms with Crippen molar-refractivity contribution < 1.29 is 14.3 Å². The molecule has 0 radical (unpaired) electrons. The monoisotopic (exact) mass is 440 g/mol. The van der Waals surface area contributed by atoms with Gasteiger partial charge in [-0.15, -0.1) is 0 Å². The fourth-order valence-electron chi connectivity index (χ4n) is 2.87. The van der Waals surface area contributed by atoms with Gasteiger partial charge in [-0.05, 0) is 31.9 Å². The van der Waals surface area contributed by atoms with Gasteiger partial charge in [-0.3, -0.25) is 4.79 Å². The molecule has 5 N–H and O–H groups in total. The zero-order valence-corrected chi connectivity index (χ0v) is 18.6. The number of nitrogens with two attached hydrogens (primary N) is 1. The van der Waals surface area contributed by atoms with Crippen LogP contribution in [0.4, 0.5) is 11.4 Å². The third-order valence-corrected chi connectivity index (χ3v) is 4.76. The highest BCUT2D eigenvalue weighted by molar-refractivity contribution is 6.35. The second kappa shape index (κ2) is 11.0. The SMILES string of the molecule is CC#CC(=O)Nc1ccccc1C(=N)/C=C(\N)CNc1c(C)c(OC)cc(OC)c1Cl. The quantitative estimate of drug-likeness (QED) is 0.367. The van der Waals surface area contributed by atoms with Gasteiger partial charge in [0.1, 0.15) is 16.5 Å². The van der Waals surface area contributed by atoms with Gasteiger partial charge < -0.3 is 31.3 Å². The number of amides is 1. The van der Waals surface area contributed by atoms with Crippen LogP contribution in [0.25, 0.3) is 0 Å². The number of methoxy groups -OCH3 is 2. The zero-order chi connectivity index (χ0) is 23.0. The van der Waals surface area contributed by atoms with Crippen LogP contribution in [0.5, 0.6) is 11.5 Å². The Morgan fingerprint density at radius 1 is 1.26 bits per heavy atom. The first-order valence-corrected chi connectivity index (χ1v) is 9.72. The van der Waals surface area contributed by atoms with Crippen LogP contribution in [-0.2, 0) is 4.79 Å². The Morgan fingerprint density at radius 3 is 2.58 bits per heavy atom. The molecule has 0 heterocycles. The van der Waals surface area contributed by atoms with Gasteiger partial charge in [0.25, 0.3) is 5.91 Å². The normalized spacial score (nSPS) is 10.5. The van der Waals surface area contributed by atoms with Gasteiger partial charge in [0, 0.05) is 22.9 Å². The second-order valence-corrected chi connectivity index (χ2v) is 6.83. The lowest BCUT2D eigenvalue weighted by atomic mass is 10.1. The molecule has 0 aromatic heterocycles. The summed E-state index contributed by atoms with van der Waals surface area (Å²) in [6.45, 7) is 3.68. The molecule has 162 valence electrons. The molecule has 2 aromatic rings. The van der Waals surface area contributed by atoms with E-state index in [1.54, 1.807) is 44.4 Å². The van der Waals surface area contributed by atoms with Crippen molar-refractivity contribution in [1.29, 1.82) is 5.41 Å². The van der Waals surface area contributed by atoms with E-state index in [1.807, 2.05) is 6.92 Å². The summed E-state index contributed by atoms with van der Waals surface area (Å²) >= 11 is 6.43. The minimum atomic E-state index is -0.446. The number of rotatable bonds is 8. The average Bonchev–Trinajstić information content (AvgIpc) is 2.74. The highest BCUT2D eigenvalue weighted by Crippen LogP contribution is 2.40. The fraction of sp³-hybridized carbons (Fsp3) is 0.217. The Kier molecular flexibility index (Phi) is 8.35. The Bertz CT molecular complexity index is 1060. The van der Waals surface area contributed by atoms with Gasteiger partial charge in [0.15, 0.2) is 0 Å². The summed E-state index contributed by atoms with van der Waals surface area (Å²) in [7, 11) is 3.09. The molecule has 0 fully saturated rings. The molecule has 0 atom stereocenters. The number of allylic oxidation sites excluding steroid dienone is 1. The number of anilines is 2. The van der Waals surface area contributed by atoms with Gasteiger partial charge in [0.2, 0.25) is 0 Å². The van der Waals surface area contributed by atoms with Gasteiger partial charge in [-0.1, -0.05) is 35.7 Å². The Labute approximate surface area is 187 Å². The number of nitrogens with one attached hydrogen (secondary N) is 3. The second-order valence-electron chi connectivity index (χ2n) is 6.46. The number of carbonyl (C=O) groups is 1. The number of para-hydroxylation sites is 1. The number of carbonyl (C=O) groups excluding carboxylic acids is 1. The largest absolute Gasteiger partial charge is 0.496 e. The third-order valence-electron chi connectivity index (χ3n) is 4.39. The molecule has 0 aliphatic rings. The predicted octanol–water partition coefficient (Wildman–Crippen LogP) is 3.95. The summed E-state index contributed by atoms with van der Waals surface area (Å²) in [4.78, 5) is 11.8. The van der Waals surface area contributed by atoms with Crippen LogP contribution >= 0.6 is 11.6 Å². The molecular weight excluding hydrogens is 416 g/mol. The van der Waals surface area contributed by atoms with E-state index in [9.17, 15) is 4.79 Å². The van der Waals surface area contributed by atoms with Crippen molar-refractivity contribution in [2.75, 3.05) is 31.4 Å². The number of benzene rings is 2.